The van der Waals surface area contributed by atoms with Crippen LogP contribution in [0, 0.1) is 34.5 Å². The van der Waals surface area contributed by atoms with Crippen molar-refractivity contribution in [2.45, 2.75) is 152 Å². The van der Waals surface area contributed by atoms with E-state index in [1.165, 1.54) is 7.11 Å². The predicted octanol–water partition coefficient (Wildman–Crippen LogP) is 0.934. The Balaban J connectivity index is 0.990. The molecular weight excluding hydrogens is 640 g/mol. The topological polar surface area (TPSA) is 194 Å². The van der Waals surface area contributed by atoms with Crippen LogP contribution in [-0.2, 0) is 33.2 Å². The first-order chi connectivity index (χ1) is 23.3. The van der Waals surface area contributed by atoms with Gasteiger partial charge in [-0.15, -0.1) is 0 Å². The van der Waals surface area contributed by atoms with E-state index in [1.807, 2.05) is 0 Å². The molecule has 13 nitrogen and oxygen atoms in total. The van der Waals surface area contributed by atoms with E-state index in [0.29, 0.717) is 18.4 Å². The minimum Gasteiger partial charge on any atom is -0.458 e. The Morgan fingerprint density at radius 2 is 1.61 bits per heavy atom. The van der Waals surface area contributed by atoms with E-state index in [9.17, 15) is 35.4 Å². The largest absolute Gasteiger partial charge is 0.458 e. The highest BCUT2D eigenvalue weighted by atomic mass is 16.7. The van der Waals surface area contributed by atoms with Gasteiger partial charge in [0.05, 0.1) is 24.4 Å². The Hall–Kier alpha value is -1.23. The second kappa shape index (κ2) is 13.3. The number of esters is 1. The van der Waals surface area contributed by atoms with Crippen LogP contribution in [-0.4, -0.2) is 130 Å². The second-order valence-electron chi connectivity index (χ2n) is 16.5. The van der Waals surface area contributed by atoms with E-state index in [0.717, 1.165) is 63.4 Å². The lowest BCUT2D eigenvalue weighted by Gasteiger charge is -2.64. The third-order valence-electron chi connectivity index (χ3n) is 14.4. The molecule has 4 aliphatic carbocycles. The zero-order chi connectivity index (χ0) is 35.0. The Bertz CT molecular complexity index is 1260. The molecule has 0 amide bonds. The molecule has 2 saturated heterocycles. The molecule has 3 aliphatic heterocycles. The summed E-state index contributed by atoms with van der Waals surface area (Å²) in [6, 6.07) is 0. The molecule has 13 heteroatoms. The van der Waals surface area contributed by atoms with Crippen molar-refractivity contribution >= 4 is 5.97 Å². The summed E-state index contributed by atoms with van der Waals surface area (Å²) in [6.07, 6.45) is -2.30. The Morgan fingerprint density at radius 3 is 2.31 bits per heavy atom. The van der Waals surface area contributed by atoms with Gasteiger partial charge in [0.1, 0.15) is 49.3 Å². The average molecular weight is 697 g/mol. The Morgan fingerprint density at radius 1 is 0.857 bits per heavy atom. The van der Waals surface area contributed by atoms with Gasteiger partial charge in [0, 0.05) is 18.6 Å². The summed E-state index contributed by atoms with van der Waals surface area (Å²) < 4.78 is 35.1. The van der Waals surface area contributed by atoms with Gasteiger partial charge in [-0.1, -0.05) is 13.8 Å². The number of hydrogen-bond donors (Lipinski definition) is 6. The molecule has 6 N–H and O–H groups in total. The summed E-state index contributed by atoms with van der Waals surface area (Å²) in [6.45, 7) is 6.15. The van der Waals surface area contributed by atoms with Crippen molar-refractivity contribution in [1.29, 1.82) is 0 Å². The normalized spacial score (nSPS) is 54.4. The molecule has 0 spiro atoms. The van der Waals surface area contributed by atoms with Crippen LogP contribution < -0.4 is 0 Å². The fraction of sp³-hybridized carbons (Fsp3) is 0.917. The van der Waals surface area contributed by atoms with Gasteiger partial charge in [0.25, 0.3) is 0 Å². The van der Waals surface area contributed by atoms with Gasteiger partial charge in [-0.2, -0.15) is 0 Å². The number of fused-ring (bicyclic) bond motifs is 5. The first-order valence-corrected chi connectivity index (χ1v) is 18.3. The SMILES string of the molecule is CO[C@H]1[C@H](O)[C@H](O[C@H]2CC[C@@]3(C)[C@H](CC[C@@H]4[C@@H]3CC[C@]3(C)[C@H](C5=CC(=O)OC5)CC[C@]43O)C2)O[C@@H](C)[C@@H]1O[C@@H]1O[C@H](CO)[C@@H](O)[C@H](O)[C@H]1O. The second-order valence-corrected chi connectivity index (χ2v) is 16.5. The van der Waals surface area contributed by atoms with E-state index in [1.54, 1.807) is 13.0 Å². The van der Waals surface area contributed by atoms with Crippen molar-refractivity contribution in [2.24, 2.45) is 34.5 Å². The molecule has 3 heterocycles. The summed E-state index contributed by atoms with van der Waals surface area (Å²) in [4.78, 5) is 11.9. The number of aliphatic hydroxyl groups is 6. The minimum atomic E-state index is -1.60. The van der Waals surface area contributed by atoms with Crippen LogP contribution in [0.1, 0.15) is 78.6 Å². The van der Waals surface area contributed by atoms with Gasteiger partial charge >= 0.3 is 5.97 Å². The number of carbonyl (C=O) groups is 1. The molecule has 4 saturated carbocycles. The first-order valence-electron chi connectivity index (χ1n) is 18.3. The lowest BCUT2D eigenvalue weighted by atomic mass is 9.43. The van der Waals surface area contributed by atoms with E-state index >= 15 is 0 Å². The number of aliphatic hydroxyl groups excluding tert-OH is 5. The third kappa shape index (κ3) is 5.74. The fourth-order valence-corrected chi connectivity index (χ4v) is 11.6. The van der Waals surface area contributed by atoms with Gasteiger partial charge in [-0.3, -0.25) is 0 Å². The zero-order valence-corrected chi connectivity index (χ0v) is 29.1. The number of ether oxygens (including phenoxy) is 6. The Kier molecular flexibility index (Phi) is 9.82. The highest BCUT2D eigenvalue weighted by Gasteiger charge is 2.68. The lowest BCUT2D eigenvalue weighted by Crippen LogP contribution is -2.64. The number of carbonyl (C=O) groups excluding carboxylic acids is 1. The van der Waals surface area contributed by atoms with Crippen LogP contribution >= 0.6 is 0 Å². The number of rotatable bonds is 7. The van der Waals surface area contributed by atoms with Gasteiger partial charge in [-0.05, 0) is 99.4 Å². The number of methoxy groups -OCH3 is 1. The van der Waals surface area contributed by atoms with Gasteiger partial charge in [0.15, 0.2) is 12.6 Å². The smallest absolute Gasteiger partial charge is 0.331 e. The van der Waals surface area contributed by atoms with E-state index in [2.05, 4.69) is 13.8 Å². The quantitative estimate of drug-likeness (QED) is 0.163. The van der Waals surface area contributed by atoms with Crippen LogP contribution in [0.5, 0.6) is 0 Å². The molecule has 7 aliphatic rings. The van der Waals surface area contributed by atoms with Gasteiger partial charge < -0.3 is 59.1 Å². The third-order valence-corrected chi connectivity index (χ3v) is 14.4. The molecule has 0 unspecified atom stereocenters. The van der Waals surface area contributed by atoms with E-state index < -0.39 is 73.6 Å². The summed E-state index contributed by atoms with van der Waals surface area (Å²) in [5.41, 5.74) is 0.0599. The highest BCUT2D eigenvalue weighted by Crippen LogP contribution is 2.70. The van der Waals surface area contributed by atoms with Crippen LogP contribution in [0.25, 0.3) is 0 Å². The molecule has 0 radical (unpaired) electrons. The Labute approximate surface area is 287 Å². The molecule has 7 rings (SSSR count). The lowest BCUT2D eigenvalue weighted by molar-refractivity contribution is -0.362. The van der Waals surface area contributed by atoms with Crippen molar-refractivity contribution in [3.8, 4) is 0 Å². The van der Waals surface area contributed by atoms with E-state index in [-0.39, 0.29) is 34.7 Å². The van der Waals surface area contributed by atoms with Gasteiger partial charge in [0.2, 0.25) is 0 Å². The van der Waals surface area contributed by atoms with Crippen LogP contribution in [0.15, 0.2) is 11.6 Å². The molecule has 18 atom stereocenters. The maximum Gasteiger partial charge on any atom is 0.331 e. The van der Waals surface area contributed by atoms with Crippen molar-refractivity contribution in [3.05, 3.63) is 11.6 Å². The molecular formula is C36H56O13. The molecule has 49 heavy (non-hydrogen) atoms. The van der Waals surface area contributed by atoms with Crippen molar-refractivity contribution in [2.75, 3.05) is 20.3 Å². The highest BCUT2D eigenvalue weighted by molar-refractivity contribution is 5.85. The molecule has 278 valence electrons. The monoisotopic (exact) mass is 696 g/mol. The van der Waals surface area contributed by atoms with Crippen LogP contribution in [0.3, 0.4) is 0 Å². The van der Waals surface area contributed by atoms with Crippen molar-refractivity contribution in [3.63, 3.8) is 0 Å². The first kappa shape index (κ1) is 36.1. The fourth-order valence-electron chi connectivity index (χ4n) is 11.6. The van der Waals surface area contributed by atoms with Crippen molar-refractivity contribution < 1.29 is 63.9 Å². The summed E-state index contributed by atoms with van der Waals surface area (Å²) in [5, 5.41) is 64.3. The average Bonchev–Trinajstić information content (AvgIpc) is 3.62. The van der Waals surface area contributed by atoms with E-state index in [4.69, 9.17) is 28.4 Å². The molecule has 0 bridgehead atoms. The zero-order valence-electron chi connectivity index (χ0n) is 29.1. The number of cyclic esters (lactones) is 1. The molecule has 6 fully saturated rings. The minimum absolute atomic E-state index is 0.0579. The predicted molar refractivity (Wildman–Crippen MR) is 170 cm³/mol. The van der Waals surface area contributed by atoms with Crippen LogP contribution in [0.4, 0.5) is 0 Å². The summed E-state index contributed by atoms with van der Waals surface area (Å²) >= 11 is 0. The molecule has 0 aromatic rings. The van der Waals surface area contributed by atoms with Gasteiger partial charge in [-0.25, -0.2) is 4.79 Å². The summed E-state index contributed by atoms with van der Waals surface area (Å²) in [7, 11) is 1.44. The van der Waals surface area contributed by atoms with Crippen LogP contribution in [0.2, 0.25) is 0 Å². The maximum atomic E-state index is 12.5. The summed E-state index contributed by atoms with van der Waals surface area (Å²) in [5.74, 6) is 0.909. The van der Waals surface area contributed by atoms with Crippen molar-refractivity contribution in [1.82, 2.24) is 0 Å². The molecule has 0 aromatic carbocycles. The molecule has 0 aromatic heterocycles. The maximum absolute atomic E-state index is 12.5. The number of hydrogen-bond acceptors (Lipinski definition) is 13. The standard InChI is InChI=1S/C36H56O13/c1-17-30(49-32-28(41)27(40)26(39)24(15-37)48-32)31(44-4)29(42)33(46-17)47-20-7-10-34(2)19(14-20)5-6-23-22(34)8-11-35(3)21(9-12-36(23,35)43)18-13-25(38)45-16-18/h13,17,19-24,26-33,37,39-43H,5-12,14-16H2,1-4H3/t17-,19+,20-,21-,22-,23+,24+,26+,27-,28+,29-,30-,31-,32-,33-,34-,35+,36-/m0/s1.